The molecule has 0 saturated heterocycles. The molecule has 8 heteroatoms. The van der Waals surface area contributed by atoms with Crippen LogP contribution in [0.4, 0.5) is 0 Å². The maximum Gasteiger partial charge on any atom is 0.325 e. The number of rotatable bonds is 6. The Bertz CT molecular complexity index is 1070. The first kappa shape index (κ1) is 19.6. The van der Waals surface area contributed by atoms with Crippen LogP contribution < -0.4 is 14.3 Å². The second-order valence-corrected chi connectivity index (χ2v) is 6.76. The summed E-state index contributed by atoms with van der Waals surface area (Å²) in [5.74, 6) is 0.543. The van der Waals surface area contributed by atoms with E-state index in [1.165, 1.54) is 18.4 Å². The molecule has 0 spiro atoms. The molecule has 7 nitrogen and oxygen atoms in total. The summed E-state index contributed by atoms with van der Waals surface area (Å²) in [6.07, 6.45) is 0. The molecule has 1 aromatic heterocycles. The molecule has 0 aliphatic carbocycles. The van der Waals surface area contributed by atoms with Crippen molar-refractivity contribution in [1.82, 2.24) is 4.57 Å². The van der Waals surface area contributed by atoms with Crippen LogP contribution in [0.2, 0.25) is 0 Å². The molecule has 0 aliphatic rings. The van der Waals surface area contributed by atoms with Crippen LogP contribution in [0.25, 0.3) is 10.2 Å². The van der Waals surface area contributed by atoms with Gasteiger partial charge in [-0.1, -0.05) is 11.3 Å². The van der Waals surface area contributed by atoms with Gasteiger partial charge in [-0.2, -0.15) is 4.99 Å². The van der Waals surface area contributed by atoms with Gasteiger partial charge in [0.1, 0.15) is 18.0 Å². The summed E-state index contributed by atoms with van der Waals surface area (Å²) in [7, 11) is 2.88. The summed E-state index contributed by atoms with van der Waals surface area (Å²) in [5, 5.41) is 0. The number of nitrogens with zero attached hydrogens (tertiary/aromatic N) is 2. The van der Waals surface area contributed by atoms with Gasteiger partial charge in [0.25, 0.3) is 5.91 Å². The monoisotopic (exact) mass is 400 g/mol. The lowest BCUT2D eigenvalue weighted by atomic mass is 10.2. The van der Waals surface area contributed by atoms with Gasteiger partial charge in [0.15, 0.2) is 4.80 Å². The summed E-state index contributed by atoms with van der Waals surface area (Å²) in [4.78, 5) is 29.1. The van der Waals surface area contributed by atoms with Crippen LogP contribution in [-0.4, -0.2) is 37.3 Å². The van der Waals surface area contributed by atoms with Crippen molar-refractivity contribution in [3.63, 3.8) is 0 Å². The number of hydrogen-bond donors (Lipinski definition) is 0. The minimum Gasteiger partial charge on any atom is -0.497 e. The smallest absolute Gasteiger partial charge is 0.325 e. The van der Waals surface area contributed by atoms with E-state index < -0.39 is 11.9 Å². The van der Waals surface area contributed by atoms with E-state index in [0.717, 1.165) is 16.0 Å². The highest BCUT2D eigenvalue weighted by molar-refractivity contribution is 7.16. The number of thiazole rings is 1. The molecule has 0 bridgehead atoms. The summed E-state index contributed by atoms with van der Waals surface area (Å²) in [5.41, 5.74) is 1.21. The number of aromatic nitrogens is 1. The van der Waals surface area contributed by atoms with E-state index >= 15 is 0 Å². The third-order valence-electron chi connectivity index (χ3n) is 4.01. The molecule has 3 aromatic rings. The zero-order chi connectivity index (χ0) is 20.1. The Labute approximate surface area is 165 Å². The Morgan fingerprint density at radius 2 is 1.79 bits per heavy atom. The zero-order valence-electron chi connectivity index (χ0n) is 15.8. The number of fused-ring (bicyclic) bond motifs is 1. The first-order chi connectivity index (χ1) is 13.5. The fraction of sp³-hybridized carbons (Fsp3) is 0.250. The van der Waals surface area contributed by atoms with Gasteiger partial charge in [-0.25, -0.2) is 0 Å². The predicted octanol–water partition coefficient (Wildman–Crippen LogP) is 3.02. The number of carbonyl (C=O) groups is 2. The molecule has 28 heavy (non-hydrogen) atoms. The Morgan fingerprint density at radius 1 is 1.07 bits per heavy atom. The normalized spacial score (nSPS) is 11.5. The van der Waals surface area contributed by atoms with E-state index in [1.54, 1.807) is 35.9 Å². The number of amides is 1. The topological polar surface area (TPSA) is 79.1 Å². The molecule has 0 unspecified atom stereocenters. The Balaban J connectivity index is 2.08. The van der Waals surface area contributed by atoms with Crippen molar-refractivity contribution < 1.29 is 23.8 Å². The van der Waals surface area contributed by atoms with Gasteiger partial charge in [-0.05, 0) is 49.4 Å². The molecule has 1 heterocycles. The summed E-state index contributed by atoms with van der Waals surface area (Å²) < 4.78 is 18.0. The summed E-state index contributed by atoms with van der Waals surface area (Å²) in [6, 6.07) is 12.2. The van der Waals surface area contributed by atoms with Gasteiger partial charge < -0.3 is 18.8 Å². The molecule has 0 atom stereocenters. The van der Waals surface area contributed by atoms with Gasteiger partial charge in [0.05, 0.1) is 31.0 Å². The van der Waals surface area contributed by atoms with Crippen LogP contribution in [-0.2, 0) is 16.1 Å². The molecule has 0 radical (unpaired) electrons. The number of hydrogen-bond acceptors (Lipinski definition) is 6. The highest BCUT2D eigenvalue weighted by Gasteiger charge is 2.13. The number of carbonyl (C=O) groups excluding carboxylic acids is 2. The van der Waals surface area contributed by atoms with Gasteiger partial charge in [-0.3, -0.25) is 9.59 Å². The van der Waals surface area contributed by atoms with Gasteiger partial charge >= 0.3 is 5.97 Å². The number of methoxy groups -OCH3 is 2. The molecule has 3 rings (SSSR count). The lowest BCUT2D eigenvalue weighted by Gasteiger charge is -2.05. The SMILES string of the molecule is CCOc1ccc2c(c1)sc(=NC(=O)c1ccc(OC)cc1)n2CC(=O)OC. The Kier molecular flexibility index (Phi) is 6.10. The fourth-order valence-corrected chi connectivity index (χ4v) is 3.68. The van der Waals surface area contributed by atoms with Crippen molar-refractivity contribution in [3.05, 3.63) is 52.8 Å². The zero-order valence-corrected chi connectivity index (χ0v) is 16.6. The number of ether oxygens (including phenoxy) is 3. The van der Waals surface area contributed by atoms with E-state index in [0.29, 0.717) is 22.7 Å². The van der Waals surface area contributed by atoms with Crippen LogP contribution in [0, 0.1) is 0 Å². The maximum atomic E-state index is 12.6. The van der Waals surface area contributed by atoms with Crippen molar-refractivity contribution in [3.8, 4) is 11.5 Å². The van der Waals surface area contributed by atoms with Crippen LogP contribution in [0.1, 0.15) is 17.3 Å². The van der Waals surface area contributed by atoms with Crippen molar-refractivity contribution >= 4 is 33.4 Å². The van der Waals surface area contributed by atoms with Crippen LogP contribution >= 0.6 is 11.3 Å². The Hall–Kier alpha value is -3.13. The van der Waals surface area contributed by atoms with Crippen molar-refractivity contribution in [1.29, 1.82) is 0 Å². The van der Waals surface area contributed by atoms with Crippen molar-refractivity contribution in [2.24, 2.45) is 4.99 Å². The minimum atomic E-state index is -0.424. The Morgan fingerprint density at radius 3 is 2.43 bits per heavy atom. The average molecular weight is 400 g/mol. The van der Waals surface area contributed by atoms with E-state index in [1.807, 2.05) is 25.1 Å². The minimum absolute atomic E-state index is 0.0425. The molecule has 0 fully saturated rings. The fourth-order valence-electron chi connectivity index (χ4n) is 2.63. The molecular weight excluding hydrogens is 380 g/mol. The van der Waals surface area contributed by atoms with E-state index in [9.17, 15) is 9.59 Å². The molecule has 0 N–H and O–H groups in total. The second-order valence-electron chi connectivity index (χ2n) is 5.75. The molecule has 0 aliphatic heterocycles. The molecule has 1 amide bonds. The molecular formula is C20H20N2O5S. The lowest BCUT2D eigenvalue weighted by Crippen LogP contribution is -2.22. The van der Waals surface area contributed by atoms with Gasteiger partial charge in [0, 0.05) is 5.56 Å². The van der Waals surface area contributed by atoms with Crippen LogP contribution in [0.5, 0.6) is 11.5 Å². The maximum absolute atomic E-state index is 12.6. The van der Waals surface area contributed by atoms with Crippen LogP contribution in [0.3, 0.4) is 0 Å². The first-order valence-corrected chi connectivity index (χ1v) is 9.43. The van der Waals surface area contributed by atoms with Crippen molar-refractivity contribution in [2.45, 2.75) is 13.5 Å². The number of benzene rings is 2. The quantitative estimate of drug-likeness (QED) is 0.594. The van der Waals surface area contributed by atoms with E-state index in [-0.39, 0.29) is 6.54 Å². The highest BCUT2D eigenvalue weighted by Crippen LogP contribution is 2.23. The van der Waals surface area contributed by atoms with Crippen molar-refractivity contribution in [2.75, 3.05) is 20.8 Å². The lowest BCUT2D eigenvalue weighted by molar-refractivity contribution is -0.141. The van der Waals surface area contributed by atoms with E-state index in [4.69, 9.17) is 14.2 Å². The van der Waals surface area contributed by atoms with Gasteiger partial charge in [0.2, 0.25) is 0 Å². The van der Waals surface area contributed by atoms with Crippen LogP contribution in [0.15, 0.2) is 47.5 Å². The average Bonchev–Trinajstić information content (AvgIpc) is 3.04. The largest absolute Gasteiger partial charge is 0.497 e. The molecule has 146 valence electrons. The third-order valence-corrected chi connectivity index (χ3v) is 5.06. The highest BCUT2D eigenvalue weighted by atomic mass is 32.1. The van der Waals surface area contributed by atoms with E-state index in [2.05, 4.69) is 4.99 Å². The molecule has 2 aromatic carbocycles. The standard InChI is InChI=1S/C20H20N2O5S/c1-4-27-15-9-10-16-17(11-15)28-20(22(16)12-18(23)26-3)21-19(24)13-5-7-14(25-2)8-6-13/h5-11H,4,12H2,1-3H3. The van der Waals surface area contributed by atoms with Gasteiger partial charge in [-0.15, -0.1) is 0 Å². The second kappa shape index (κ2) is 8.71. The summed E-state index contributed by atoms with van der Waals surface area (Å²) in [6.45, 7) is 2.41. The molecule has 0 saturated carbocycles. The first-order valence-electron chi connectivity index (χ1n) is 8.61. The summed E-state index contributed by atoms with van der Waals surface area (Å²) >= 11 is 1.31. The number of esters is 1. The predicted molar refractivity (Wildman–Crippen MR) is 106 cm³/mol. The third kappa shape index (κ3) is 4.23.